The first kappa shape index (κ1) is 34.4. The Morgan fingerprint density at radius 2 is 1.67 bits per heavy atom. The highest BCUT2D eigenvalue weighted by atomic mass is 35.5. The Labute approximate surface area is 266 Å². The zero-order valence-electron chi connectivity index (χ0n) is 24.7. The van der Waals surface area contributed by atoms with Crippen molar-refractivity contribution in [3.05, 3.63) is 58.9 Å². The molecule has 0 atom stereocenters. The molecule has 248 valence electrons. The van der Waals surface area contributed by atoms with Crippen LogP contribution in [-0.2, 0) is 20.3 Å². The van der Waals surface area contributed by atoms with Crippen molar-refractivity contribution in [2.24, 2.45) is 0 Å². The minimum atomic E-state index is -4.64. The van der Waals surface area contributed by atoms with E-state index in [1.54, 1.807) is 32.9 Å². The molecule has 19 heteroatoms. The number of rotatable bonds is 12. The van der Waals surface area contributed by atoms with Crippen LogP contribution in [0.5, 0.6) is 6.01 Å². The number of benzene rings is 1. The molecule has 1 aromatic carbocycles. The van der Waals surface area contributed by atoms with Gasteiger partial charge in [-0.05, 0) is 70.0 Å². The number of ether oxygens (including phenoxy) is 2. The number of carbonyl (C=O) groups excluding carboxylic acids is 2. The lowest BCUT2D eigenvalue weighted by molar-refractivity contribution is -0.154. The number of carbonyl (C=O) groups is 2. The summed E-state index contributed by atoms with van der Waals surface area (Å²) in [6, 6.07) is 8.19. The van der Waals surface area contributed by atoms with Crippen LogP contribution < -0.4 is 25.4 Å². The van der Waals surface area contributed by atoms with E-state index in [0.29, 0.717) is 29.2 Å². The number of hydrogen-bond acceptors (Lipinski definition) is 12. The molecule has 0 bridgehead atoms. The van der Waals surface area contributed by atoms with Crippen molar-refractivity contribution in [3.8, 4) is 6.01 Å². The number of amides is 2. The molecule has 1 aliphatic carbocycles. The maximum atomic E-state index is 12.8. The van der Waals surface area contributed by atoms with Gasteiger partial charge in [0, 0.05) is 24.0 Å². The fourth-order valence-electron chi connectivity index (χ4n) is 3.81. The normalized spacial score (nSPS) is 14.2. The molecule has 3 aromatic rings. The first-order chi connectivity index (χ1) is 21.4. The highest BCUT2D eigenvalue weighted by Gasteiger charge is 2.46. The van der Waals surface area contributed by atoms with Crippen molar-refractivity contribution in [1.29, 1.82) is 0 Å². The number of anilines is 3. The van der Waals surface area contributed by atoms with Crippen LogP contribution in [0.25, 0.3) is 0 Å². The summed E-state index contributed by atoms with van der Waals surface area (Å²) in [5, 5.41) is 8.63. The Morgan fingerprint density at radius 3 is 2.26 bits per heavy atom. The molecule has 0 aliphatic heterocycles. The fourth-order valence-corrected chi connectivity index (χ4v) is 4.79. The third kappa shape index (κ3) is 10.6. The van der Waals surface area contributed by atoms with E-state index < -0.39 is 57.7 Å². The molecule has 0 saturated heterocycles. The first-order valence-electron chi connectivity index (χ1n) is 13.6. The minimum Gasteiger partial charge on any atom is -0.454 e. The SMILES string of the molecule is CC(C)(C)OC(=O)NCCS(=O)(=O)NC(=O)c1ccc(Nc2nc(NC3(c4ccc(Cl)cn4)CC3)nc(OCC(F)(F)F)n2)cc1. The van der Waals surface area contributed by atoms with E-state index in [2.05, 4.69) is 35.9 Å². The van der Waals surface area contributed by atoms with E-state index in [1.807, 2.05) is 4.72 Å². The van der Waals surface area contributed by atoms with Crippen molar-refractivity contribution >= 4 is 51.2 Å². The van der Waals surface area contributed by atoms with Crippen LogP contribution in [0.3, 0.4) is 0 Å². The lowest BCUT2D eigenvalue weighted by Gasteiger charge is -2.19. The van der Waals surface area contributed by atoms with Gasteiger partial charge in [0.15, 0.2) is 6.61 Å². The number of halogens is 4. The Morgan fingerprint density at radius 1 is 1.00 bits per heavy atom. The van der Waals surface area contributed by atoms with E-state index in [-0.39, 0.29) is 24.0 Å². The smallest absolute Gasteiger partial charge is 0.422 e. The number of nitrogens with zero attached hydrogens (tertiary/aromatic N) is 4. The molecule has 2 heterocycles. The Balaban J connectivity index is 1.42. The van der Waals surface area contributed by atoms with Crippen molar-refractivity contribution in [2.75, 3.05) is 29.5 Å². The van der Waals surface area contributed by atoms with Gasteiger partial charge in [-0.15, -0.1) is 0 Å². The molecule has 14 nitrogen and oxygen atoms in total. The summed E-state index contributed by atoms with van der Waals surface area (Å²) in [4.78, 5) is 40.7. The van der Waals surface area contributed by atoms with Crippen molar-refractivity contribution in [3.63, 3.8) is 0 Å². The molecule has 2 aromatic heterocycles. The van der Waals surface area contributed by atoms with Crippen LogP contribution >= 0.6 is 11.6 Å². The molecule has 1 aliphatic rings. The molecule has 1 saturated carbocycles. The number of alkyl halides is 3. The summed E-state index contributed by atoms with van der Waals surface area (Å²) >= 11 is 5.93. The van der Waals surface area contributed by atoms with Gasteiger partial charge in [0.25, 0.3) is 5.91 Å². The van der Waals surface area contributed by atoms with Crippen LogP contribution in [0, 0.1) is 0 Å². The summed E-state index contributed by atoms with van der Waals surface area (Å²) in [5.74, 6) is -1.76. The van der Waals surface area contributed by atoms with E-state index in [9.17, 15) is 31.2 Å². The zero-order chi connectivity index (χ0) is 33.8. The molecule has 4 N–H and O–H groups in total. The molecule has 0 spiro atoms. The largest absolute Gasteiger partial charge is 0.454 e. The van der Waals surface area contributed by atoms with Crippen molar-refractivity contribution < 1.29 is 40.7 Å². The highest BCUT2D eigenvalue weighted by molar-refractivity contribution is 7.90. The third-order valence-electron chi connectivity index (χ3n) is 5.99. The summed E-state index contributed by atoms with van der Waals surface area (Å²) in [5.41, 5.74) is -0.502. The summed E-state index contributed by atoms with van der Waals surface area (Å²) in [6.07, 6.45) is -2.68. The monoisotopic (exact) mass is 686 g/mol. The summed E-state index contributed by atoms with van der Waals surface area (Å²) < 4.78 is 74.9. The number of pyridine rings is 1. The van der Waals surface area contributed by atoms with Crippen molar-refractivity contribution in [2.45, 2.75) is 50.9 Å². The van der Waals surface area contributed by atoms with Gasteiger partial charge in [-0.2, -0.15) is 28.1 Å². The standard InChI is InChI=1S/C27H30ClF3N8O6S/c1-25(2,3)45-24(41)32-12-13-46(42,43)39-20(40)16-4-7-18(8-5-16)34-21-35-22(37-23(36-21)44-15-27(29,30)31)38-26(10-11-26)19-9-6-17(28)14-33-19/h4-9,14H,10-13,15H2,1-3H3,(H,32,41)(H,39,40)(H2,34,35,36,37,38). The average Bonchev–Trinajstić information content (AvgIpc) is 3.71. The van der Waals surface area contributed by atoms with Gasteiger partial charge in [-0.25, -0.2) is 17.9 Å². The van der Waals surface area contributed by atoms with Gasteiger partial charge in [0.2, 0.25) is 21.9 Å². The van der Waals surface area contributed by atoms with Gasteiger partial charge in [-0.1, -0.05) is 11.6 Å². The molecular weight excluding hydrogens is 657 g/mol. The maximum Gasteiger partial charge on any atom is 0.422 e. The van der Waals surface area contributed by atoms with E-state index in [4.69, 9.17) is 21.1 Å². The lowest BCUT2D eigenvalue weighted by atomic mass is 10.1. The molecule has 0 radical (unpaired) electrons. The lowest BCUT2D eigenvalue weighted by Crippen LogP contribution is -2.39. The van der Waals surface area contributed by atoms with Crippen LogP contribution in [0.15, 0.2) is 42.6 Å². The molecule has 0 unspecified atom stereocenters. The molecule has 46 heavy (non-hydrogen) atoms. The second-order valence-corrected chi connectivity index (χ2v) is 13.4. The number of sulfonamides is 1. The second-order valence-electron chi connectivity index (χ2n) is 11.1. The topological polar surface area (TPSA) is 186 Å². The van der Waals surface area contributed by atoms with Crippen LogP contribution in [-0.4, -0.2) is 71.0 Å². The predicted octanol–water partition coefficient (Wildman–Crippen LogP) is 4.29. The molecule has 2 amide bonds. The number of aromatic nitrogens is 4. The van der Waals surface area contributed by atoms with Gasteiger partial charge < -0.3 is 25.4 Å². The number of nitrogens with one attached hydrogen (secondary N) is 4. The first-order valence-corrected chi connectivity index (χ1v) is 15.7. The third-order valence-corrected chi connectivity index (χ3v) is 7.45. The molecule has 4 rings (SSSR count). The Bertz CT molecular complexity index is 1670. The van der Waals surface area contributed by atoms with Gasteiger partial charge in [-0.3, -0.25) is 9.78 Å². The summed E-state index contributed by atoms with van der Waals surface area (Å²) in [6.45, 7) is 3.02. The van der Waals surface area contributed by atoms with Gasteiger partial charge in [0.05, 0.1) is 22.0 Å². The number of hydrogen-bond donors (Lipinski definition) is 4. The van der Waals surface area contributed by atoms with E-state index >= 15 is 0 Å². The van der Waals surface area contributed by atoms with Crippen LogP contribution in [0.2, 0.25) is 5.02 Å². The minimum absolute atomic E-state index is 0.0208. The average molecular weight is 687 g/mol. The highest BCUT2D eigenvalue weighted by Crippen LogP contribution is 2.47. The predicted molar refractivity (Wildman–Crippen MR) is 160 cm³/mol. The number of alkyl carbamates (subject to hydrolysis) is 1. The Hall–Kier alpha value is -4.45. The molecule has 1 fully saturated rings. The van der Waals surface area contributed by atoms with Crippen LogP contribution in [0.1, 0.15) is 49.7 Å². The van der Waals surface area contributed by atoms with Gasteiger partial charge in [0.1, 0.15) is 5.60 Å². The Kier molecular flexibility index (Phi) is 10.1. The maximum absolute atomic E-state index is 12.8. The van der Waals surface area contributed by atoms with Gasteiger partial charge >= 0.3 is 18.3 Å². The van der Waals surface area contributed by atoms with Crippen molar-refractivity contribution in [1.82, 2.24) is 30.0 Å². The molecular formula is C27H30ClF3N8O6S. The summed E-state index contributed by atoms with van der Waals surface area (Å²) in [7, 11) is -4.11. The second kappa shape index (κ2) is 13.5. The zero-order valence-corrected chi connectivity index (χ0v) is 26.3. The van der Waals surface area contributed by atoms with Crippen LogP contribution in [0.4, 0.5) is 35.5 Å². The van der Waals surface area contributed by atoms with E-state index in [1.165, 1.54) is 30.5 Å². The van der Waals surface area contributed by atoms with E-state index in [0.717, 1.165) is 0 Å². The fraction of sp³-hybridized carbons (Fsp3) is 0.407. The quantitative estimate of drug-likeness (QED) is 0.212.